The number of carbonyl (C=O) groups excluding carboxylic acids is 2. The van der Waals surface area contributed by atoms with Crippen molar-refractivity contribution in [2.24, 2.45) is 0 Å². The first-order chi connectivity index (χ1) is 15.5. The molecule has 1 N–H and O–H groups in total. The quantitative estimate of drug-likeness (QED) is 0.535. The summed E-state index contributed by atoms with van der Waals surface area (Å²) in [5.41, 5.74) is 4.26. The Balaban J connectivity index is 1.63. The zero-order chi connectivity index (χ0) is 24.3. The van der Waals surface area contributed by atoms with E-state index in [4.69, 9.17) is 4.74 Å². The second kappa shape index (κ2) is 9.60. The third-order valence-corrected chi connectivity index (χ3v) is 7.15. The number of nitrogens with zero attached hydrogens (tertiary/aromatic N) is 2. The molecule has 3 aromatic rings. The largest absolute Gasteiger partial charge is 0.452 e. The van der Waals surface area contributed by atoms with Crippen molar-refractivity contribution in [1.29, 1.82) is 0 Å². The molecule has 0 aliphatic rings. The predicted molar refractivity (Wildman–Crippen MR) is 126 cm³/mol. The van der Waals surface area contributed by atoms with Crippen molar-refractivity contribution in [3.8, 4) is 5.69 Å². The summed E-state index contributed by atoms with van der Waals surface area (Å²) in [7, 11) is -0.783. The van der Waals surface area contributed by atoms with Crippen molar-refractivity contribution in [2.75, 3.05) is 26.0 Å². The maximum absolute atomic E-state index is 12.4. The number of rotatable bonds is 7. The van der Waals surface area contributed by atoms with Gasteiger partial charge in [-0.05, 0) is 74.9 Å². The molecule has 0 saturated heterocycles. The first kappa shape index (κ1) is 24.2. The average Bonchev–Trinajstić information content (AvgIpc) is 3.11. The van der Waals surface area contributed by atoms with Gasteiger partial charge in [-0.25, -0.2) is 17.5 Å². The number of nitrogens with one attached hydrogen (secondary N) is 1. The van der Waals surface area contributed by atoms with Gasteiger partial charge < -0.3 is 14.6 Å². The number of hydrogen-bond donors (Lipinski definition) is 1. The van der Waals surface area contributed by atoms with E-state index in [-0.39, 0.29) is 4.90 Å². The third kappa shape index (κ3) is 5.32. The van der Waals surface area contributed by atoms with Crippen LogP contribution in [0.15, 0.2) is 59.5 Å². The van der Waals surface area contributed by atoms with Crippen LogP contribution in [-0.4, -0.2) is 49.9 Å². The van der Waals surface area contributed by atoms with Gasteiger partial charge in [0.15, 0.2) is 6.61 Å². The molecule has 0 aliphatic carbocycles. The fraction of sp³-hybridized carbons (Fsp3) is 0.250. The van der Waals surface area contributed by atoms with Gasteiger partial charge in [-0.2, -0.15) is 0 Å². The molecule has 8 nitrogen and oxygen atoms in total. The third-order valence-electron chi connectivity index (χ3n) is 5.20. The molecule has 0 bridgehead atoms. The van der Waals surface area contributed by atoms with Crippen molar-refractivity contribution in [3.63, 3.8) is 0 Å². The Hall–Kier alpha value is -3.43. The zero-order valence-corrected chi connectivity index (χ0v) is 20.1. The topological polar surface area (TPSA) is 97.7 Å². The summed E-state index contributed by atoms with van der Waals surface area (Å²) in [6, 6.07) is 15.5. The van der Waals surface area contributed by atoms with Crippen LogP contribution in [0, 0.1) is 20.8 Å². The van der Waals surface area contributed by atoms with Gasteiger partial charge in [0.25, 0.3) is 5.91 Å². The highest BCUT2D eigenvalue weighted by atomic mass is 32.2. The van der Waals surface area contributed by atoms with Crippen molar-refractivity contribution < 1.29 is 22.7 Å². The Kier molecular flexibility index (Phi) is 7.04. The molecule has 1 heterocycles. The van der Waals surface area contributed by atoms with Gasteiger partial charge in [-0.1, -0.05) is 6.07 Å². The molecule has 0 radical (unpaired) electrons. The number of ether oxygens (including phenoxy) is 1. The average molecular weight is 470 g/mol. The molecule has 9 heteroatoms. The summed E-state index contributed by atoms with van der Waals surface area (Å²) in [5.74, 6) is -1.20. The molecule has 0 atom stereocenters. The molecule has 0 unspecified atom stereocenters. The standard InChI is InChI=1S/C24H27N3O5S/c1-16-6-11-20(14-22(16)33(30,31)26(4)5)25-23(28)15-32-24(29)19-9-12-21(13-10-19)27-17(2)7-8-18(27)3/h6-14H,15H2,1-5H3,(H,25,28). The Morgan fingerprint density at radius 1 is 0.939 bits per heavy atom. The van der Waals surface area contributed by atoms with Crippen molar-refractivity contribution in [2.45, 2.75) is 25.7 Å². The van der Waals surface area contributed by atoms with Gasteiger partial charge in [-0.15, -0.1) is 0 Å². The summed E-state index contributed by atoms with van der Waals surface area (Å²) >= 11 is 0. The molecule has 33 heavy (non-hydrogen) atoms. The van der Waals surface area contributed by atoms with E-state index < -0.39 is 28.5 Å². The lowest BCUT2D eigenvalue weighted by Gasteiger charge is -2.15. The van der Waals surface area contributed by atoms with Crippen molar-refractivity contribution in [3.05, 3.63) is 77.1 Å². The molecule has 174 valence electrons. The lowest BCUT2D eigenvalue weighted by molar-refractivity contribution is -0.119. The van der Waals surface area contributed by atoms with E-state index in [1.54, 1.807) is 31.2 Å². The fourth-order valence-electron chi connectivity index (χ4n) is 3.39. The van der Waals surface area contributed by atoms with Gasteiger partial charge in [0, 0.05) is 36.9 Å². The summed E-state index contributed by atoms with van der Waals surface area (Å²) in [5, 5.41) is 2.57. The van der Waals surface area contributed by atoms with E-state index in [2.05, 4.69) is 9.88 Å². The van der Waals surface area contributed by atoms with E-state index in [0.717, 1.165) is 21.4 Å². The molecular formula is C24H27N3O5S. The summed E-state index contributed by atoms with van der Waals surface area (Å²) in [6.45, 7) is 5.18. The molecule has 2 aromatic carbocycles. The van der Waals surface area contributed by atoms with Crippen LogP contribution in [0.4, 0.5) is 5.69 Å². The van der Waals surface area contributed by atoms with Gasteiger partial charge in [0.1, 0.15) is 0 Å². The number of amides is 1. The number of aromatic nitrogens is 1. The second-order valence-corrected chi connectivity index (χ2v) is 10.0. The zero-order valence-electron chi connectivity index (χ0n) is 19.2. The first-order valence-corrected chi connectivity index (χ1v) is 11.7. The molecule has 0 aliphatic heterocycles. The lowest BCUT2D eigenvalue weighted by Crippen LogP contribution is -2.24. The highest BCUT2D eigenvalue weighted by Crippen LogP contribution is 2.22. The Morgan fingerprint density at radius 3 is 2.12 bits per heavy atom. The minimum absolute atomic E-state index is 0.0931. The van der Waals surface area contributed by atoms with Crippen LogP contribution in [-0.2, 0) is 19.6 Å². The van der Waals surface area contributed by atoms with Gasteiger partial charge in [0.2, 0.25) is 10.0 Å². The van der Waals surface area contributed by atoms with Crippen LogP contribution in [0.3, 0.4) is 0 Å². The molecule has 0 saturated carbocycles. The lowest BCUT2D eigenvalue weighted by atomic mass is 10.2. The minimum Gasteiger partial charge on any atom is -0.452 e. The number of hydrogen-bond acceptors (Lipinski definition) is 5. The number of sulfonamides is 1. The summed E-state index contributed by atoms with van der Waals surface area (Å²) < 4.78 is 33.2. The number of aryl methyl sites for hydroxylation is 3. The highest BCUT2D eigenvalue weighted by molar-refractivity contribution is 7.89. The van der Waals surface area contributed by atoms with Gasteiger partial charge in [-0.3, -0.25) is 4.79 Å². The number of carbonyl (C=O) groups is 2. The van der Waals surface area contributed by atoms with E-state index in [0.29, 0.717) is 16.8 Å². The van der Waals surface area contributed by atoms with Gasteiger partial charge in [0.05, 0.1) is 10.5 Å². The minimum atomic E-state index is -3.66. The van der Waals surface area contributed by atoms with Crippen LogP contribution in [0.2, 0.25) is 0 Å². The van der Waals surface area contributed by atoms with Crippen LogP contribution in [0.5, 0.6) is 0 Å². The highest BCUT2D eigenvalue weighted by Gasteiger charge is 2.20. The maximum atomic E-state index is 12.4. The SMILES string of the molecule is Cc1ccc(NC(=O)COC(=O)c2ccc(-n3c(C)ccc3C)cc2)cc1S(=O)(=O)N(C)C. The molecular weight excluding hydrogens is 442 g/mol. The Bertz CT molecular complexity index is 1270. The van der Waals surface area contributed by atoms with E-state index in [1.165, 1.54) is 20.2 Å². The van der Waals surface area contributed by atoms with E-state index in [9.17, 15) is 18.0 Å². The monoisotopic (exact) mass is 469 g/mol. The fourth-order valence-corrected chi connectivity index (χ4v) is 4.53. The van der Waals surface area contributed by atoms with Gasteiger partial charge >= 0.3 is 5.97 Å². The molecule has 3 rings (SSSR count). The van der Waals surface area contributed by atoms with E-state index >= 15 is 0 Å². The van der Waals surface area contributed by atoms with E-state index in [1.807, 2.05) is 38.1 Å². The summed E-state index contributed by atoms with van der Waals surface area (Å²) in [4.78, 5) is 24.7. The first-order valence-electron chi connectivity index (χ1n) is 10.3. The Morgan fingerprint density at radius 2 is 1.55 bits per heavy atom. The molecule has 1 amide bonds. The van der Waals surface area contributed by atoms with Crippen LogP contribution >= 0.6 is 0 Å². The smallest absolute Gasteiger partial charge is 0.338 e. The molecule has 0 spiro atoms. The number of anilines is 1. The number of benzene rings is 2. The van der Waals surface area contributed by atoms with Crippen LogP contribution in [0.25, 0.3) is 5.69 Å². The molecule has 0 fully saturated rings. The van der Waals surface area contributed by atoms with Crippen molar-refractivity contribution >= 4 is 27.6 Å². The van der Waals surface area contributed by atoms with Crippen LogP contribution in [0.1, 0.15) is 27.3 Å². The molecule has 1 aromatic heterocycles. The normalized spacial score (nSPS) is 11.5. The van der Waals surface area contributed by atoms with Crippen LogP contribution < -0.4 is 5.32 Å². The summed E-state index contributed by atoms with van der Waals surface area (Å²) in [6.07, 6.45) is 0. The Labute approximate surface area is 193 Å². The van der Waals surface area contributed by atoms with Crippen molar-refractivity contribution in [1.82, 2.24) is 8.87 Å². The maximum Gasteiger partial charge on any atom is 0.338 e. The predicted octanol–water partition coefficient (Wildman–Crippen LogP) is 3.45. The number of esters is 1. The second-order valence-electron chi connectivity index (χ2n) is 7.89.